The van der Waals surface area contributed by atoms with E-state index < -0.39 is 15.8 Å². The molecule has 0 fully saturated rings. The third-order valence-electron chi connectivity index (χ3n) is 4.65. The van der Waals surface area contributed by atoms with E-state index in [1.807, 2.05) is 0 Å². The zero-order chi connectivity index (χ0) is 23.6. The number of nitrogens with zero attached hydrogens (tertiary/aromatic N) is 1. The summed E-state index contributed by atoms with van der Waals surface area (Å²) in [6.45, 7) is 4.84. The molecule has 0 saturated carbocycles. The van der Waals surface area contributed by atoms with E-state index in [2.05, 4.69) is 10.6 Å². The Morgan fingerprint density at radius 2 is 1.66 bits per heavy atom. The monoisotopic (exact) mass is 461 g/mol. The smallest absolute Gasteiger partial charge is 0.244 e. The first-order valence-electron chi connectivity index (χ1n) is 10.3. The summed E-state index contributed by atoms with van der Waals surface area (Å²) in [5.74, 6) is -1.00. The van der Waals surface area contributed by atoms with Crippen LogP contribution in [0.25, 0.3) is 6.08 Å². The highest BCUT2D eigenvalue weighted by Crippen LogP contribution is 2.16. The third-order valence-corrected chi connectivity index (χ3v) is 6.71. The van der Waals surface area contributed by atoms with Crippen molar-refractivity contribution in [2.75, 3.05) is 26.2 Å². The molecule has 172 valence electrons. The van der Waals surface area contributed by atoms with Gasteiger partial charge in [0.1, 0.15) is 5.82 Å². The Labute approximate surface area is 188 Å². The van der Waals surface area contributed by atoms with Crippen molar-refractivity contribution in [2.24, 2.45) is 0 Å². The molecule has 0 bridgehead atoms. The molecule has 0 aliphatic rings. The minimum absolute atomic E-state index is 0.0611. The molecule has 0 aliphatic heterocycles. The lowest BCUT2D eigenvalue weighted by molar-refractivity contribution is -0.121. The van der Waals surface area contributed by atoms with Gasteiger partial charge in [-0.1, -0.05) is 38.1 Å². The van der Waals surface area contributed by atoms with Crippen molar-refractivity contribution in [3.05, 3.63) is 71.6 Å². The molecule has 0 spiro atoms. The summed E-state index contributed by atoms with van der Waals surface area (Å²) in [5.41, 5.74) is 1.26. The highest BCUT2D eigenvalue weighted by molar-refractivity contribution is 7.89. The van der Waals surface area contributed by atoms with E-state index in [0.717, 1.165) is 0 Å². The van der Waals surface area contributed by atoms with E-state index in [1.54, 1.807) is 44.2 Å². The fourth-order valence-electron chi connectivity index (χ4n) is 2.98. The van der Waals surface area contributed by atoms with E-state index in [0.29, 0.717) is 24.2 Å². The van der Waals surface area contributed by atoms with Gasteiger partial charge in [0.15, 0.2) is 0 Å². The van der Waals surface area contributed by atoms with Gasteiger partial charge in [-0.2, -0.15) is 4.31 Å². The summed E-state index contributed by atoms with van der Waals surface area (Å²) in [4.78, 5) is 24.0. The number of carbonyl (C=O) groups is 2. The van der Waals surface area contributed by atoms with Crippen LogP contribution in [0.1, 0.15) is 25.0 Å². The Morgan fingerprint density at radius 1 is 1.00 bits per heavy atom. The Balaban J connectivity index is 1.77. The molecule has 0 radical (unpaired) electrons. The van der Waals surface area contributed by atoms with E-state index in [1.165, 1.54) is 34.6 Å². The molecule has 0 atom stereocenters. The van der Waals surface area contributed by atoms with Crippen LogP contribution in [-0.4, -0.2) is 50.7 Å². The second-order valence-corrected chi connectivity index (χ2v) is 8.88. The summed E-state index contributed by atoms with van der Waals surface area (Å²) in [6, 6.07) is 12.1. The molecule has 2 aromatic carbocycles. The van der Waals surface area contributed by atoms with Crippen molar-refractivity contribution in [1.82, 2.24) is 14.9 Å². The van der Waals surface area contributed by atoms with Gasteiger partial charge in [-0.25, -0.2) is 12.8 Å². The second-order valence-electron chi connectivity index (χ2n) is 6.94. The topological polar surface area (TPSA) is 95.6 Å². The number of rotatable bonds is 11. The van der Waals surface area contributed by atoms with E-state index in [9.17, 15) is 22.4 Å². The van der Waals surface area contributed by atoms with Gasteiger partial charge in [0, 0.05) is 32.3 Å². The minimum Gasteiger partial charge on any atom is -0.354 e. The molecule has 0 aliphatic carbocycles. The molecule has 0 saturated heterocycles. The van der Waals surface area contributed by atoms with Crippen LogP contribution in [0.15, 0.2) is 59.5 Å². The molecule has 7 nitrogen and oxygen atoms in total. The first-order chi connectivity index (χ1) is 15.3. The highest BCUT2D eigenvalue weighted by Gasteiger charge is 2.20. The van der Waals surface area contributed by atoms with E-state index >= 15 is 0 Å². The van der Waals surface area contributed by atoms with Crippen LogP contribution < -0.4 is 10.6 Å². The van der Waals surface area contributed by atoms with Gasteiger partial charge in [-0.15, -0.1) is 0 Å². The van der Waals surface area contributed by atoms with Crippen LogP contribution in [0.3, 0.4) is 0 Å². The van der Waals surface area contributed by atoms with Crippen LogP contribution >= 0.6 is 0 Å². The minimum atomic E-state index is -3.52. The van der Waals surface area contributed by atoms with Crippen LogP contribution in [0.5, 0.6) is 0 Å². The van der Waals surface area contributed by atoms with Crippen LogP contribution in [-0.2, 0) is 26.0 Å². The number of amides is 2. The Kier molecular flexibility index (Phi) is 9.55. The van der Waals surface area contributed by atoms with Crippen molar-refractivity contribution >= 4 is 27.9 Å². The summed E-state index contributed by atoms with van der Waals surface area (Å²) in [5, 5.41) is 5.30. The van der Waals surface area contributed by atoms with Crippen molar-refractivity contribution in [3.63, 3.8) is 0 Å². The van der Waals surface area contributed by atoms with Crippen molar-refractivity contribution in [2.45, 2.75) is 25.2 Å². The van der Waals surface area contributed by atoms with Crippen LogP contribution in [0, 0.1) is 5.82 Å². The standard InChI is InChI=1S/C23H28FN3O4S/c1-3-27(4-2)32(30,31)21-11-8-18(9-12-21)10-13-22(28)25-14-15-26-23(29)17-19-6-5-7-20(24)16-19/h5-13,16H,3-4,14-15,17H2,1-2H3,(H,25,28)(H,26,29)/b13-10+. The quantitative estimate of drug-likeness (QED) is 0.397. The normalized spacial score (nSPS) is 11.6. The van der Waals surface area contributed by atoms with Gasteiger partial charge in [0.25, 0.3) is 0 Å². The van der Waals surface area contributed by atoms with Gasteiger partial charge >= 0.3 is 0 Å². The number of hydrogen-bond donors (Lipinski definition) is 2. The maximum Gasteiger partial charge on any atom is 0.244 e. The number of halogens is 1. The molecule has 32 heavy (non-hydrogen) atoms. The predicted octanol–water partition coefficient (Wildman–Crippen LogP) is 2.34. The van der Waals surface area contributed by atoms with Crippen molar-refractivity contribution in [3.8, 4) is 0 Å². The molecule has 2 rings (SSSR count). The maximum absolute atomic E-state index is 13.1. The number of hydrogen-bond acceptors (Lipinski definition) is 4. The Bertz CT molecular complexity index is 1050. The molecule has 2 amide bonds. The molecule has 2 aromatic rings. The molecule has 0 heterocycles. The van der Waals surface area contributed by atoms with Gasteiger partial charge < -0.3 is 10.6 Å². The predicted molar refractivity (Wildman–Crippen MR) is 122 cm³/mol. The molecular formula is C23H28FN3O4S. The molecule has 0 aromatic heterocycles. The zero-order valence-electron chi connectivity index (χ0n) is 18.2. The largest absolute Gasteiger partial charge is 0.354 e. The van der Waals surface area contributed by atoms with Gasteiger partial charge in [0.2, 0.25) is 21.8 Å². The number of carbonyl (C=O) groups excluding carboxylic acids is 2. The molecule has 2 N–H and O–H groups in total. The summed E-state index contributed by atoms with van der Waals surface area (Å²) < 4.78 is 39.5. The average molecular weight is 462 g/mol. The molecule has 9 heteroatoms. The number of sulfonamides is 1. The molecular weight excluding hydrogens is 433 g/mol. The first kappa shape index (κ1) is 25.2. The summed E-state index contributed by atoms with van der Waals surface area (Å²) >= 11 is 0. The SMILES string of the molecule is CCN(CC)S(=O)(=O)c1ccc(/C=C/C(=O)NCCNC(=O)Cc2cccc(F)c2)cc1. The van der Waals surface area contributed by atoms with Gasteiger partial charge in [-0.05, 0) is 41.5 Å². The van der Waals surface area contributed by atoms with Crippen LogP contribution in [0.4, 0.5) is 4.39 Å². The Morgan fingerprint density at radius 3 is 2.28 bits per heavy atom. The lowest BCUT2D eigenvalue weighted by atomic mass is 10.1. The van der Waals surface area contributed by atoms with Crippen LogP contribution in [0.2, 0.25) is 0 Å². The lowest BCUT2D eigenvalue weighted by Crippen LogP contribution is -2.34. The molecule has 0 unspecified atom stereocenters. The zero-order valence-corrected chi connectivity index (χ0v) is 19.0. The third kappa shape index (κ3) is 7.58. The fraction of sp³-hybridized carbons (Fsp3) is 0.304. The van der Waals surface area contributed by atoms with Crippen molar-refractivity contribution < 1.29 is 22.4 Å². The Hall–Kier alpha value is -3.04. The second kappa shape index (κ2) is 12.1. The summed E-state index contributed by atoms with van der Waals surface area (Å²) in [7, 11) is -3.52. The fourth-order valence-corrected chi connectivity index (χ4v) is 4.43. The number of nitrogens with one attached hydrogen (secondary N) is 2. The van der Waals surface area contributed by atoms with Crippen molar-refractivity contribution in [1.29, 1.82) is 0 Å². The first-order valence-corrected chi connectivity index (χ1v) is 11.8. The number of benzene rings is 2. The van der Waals surface area contributed by atoms with Gasteiger partial charge in [-0.3, -0.25) is 9.59 Å². The lowest BCUT2D eigenvalue weighted by Gasteiger charge is -2.18. The highest BCUT2D eigenvalue weighted by atomic mass is 32.2. The van der Waals surface area contributed by atoms with Gasteiger partial charge in [0.05, 0.1) is 11.3 Å². The average Bonchev–Trinajstić information content (AvgIpc) is 2.76. The summed E-state index contributed by atoms with van der Waals surface area (Å²) in [6.07, 6.45) is 2.97. The van der Waals surface area contributed by atoms with E-state index in [-0.39, 0.29) is 36.2 Å². The van der Waals surface area contributed by atoms with E-state index in [4.69, 9.17) is 0 Å². The maximum atomic E-state index is 13.1.